The van der Waals surface area contributed by atoms with Gasteiger partial charge in [0.2, 0.25) is 0 Å². The Bertz CT molecular complexity index is 662. The van der Waals surface area contributed by atoms with Gasteiger partial charge in [0.25, 0.3) is 5.82 Å². The van der Waals surface area contributed by atoms with E-state index < -0.39 is 10.3 Å². The van der Waals surface area contributed by atoms with E-state index in [-0.39, 0.29) is 5.75 Å². The minimum atomic E-state index is -3.86. The van der Waals surface area contributed by atoms with E-state index in [1.54, 1.807) is 49.0 Å². The molecular formula is C11H12BrN2O3S+. The van der Waals surface area contributed by atoms with E-state index in [1.807, 2.05) is 0 Å². The van der Waals surface area contributed by atoms with Gasteiger partial charge in [0, 0.05) is 11.4 Å². The molecule has 96 valence electrons. The Hall–Kier alpha value is -1.34. The first-order valence-corrected chi connectivity index (χ1v) is 7.30. The Kier molecular flexibility index (Phi) is 3.45. The van der Waals surface area contributed by atoms with Gasteiger partial charge in [-0.2, -0.15) is 0 Å². The number of aromatic nitrogens is 2. The van der Waals surface area contributed by atoms with E-state index in [4.69, 9.17) is 4.18 Å². The molecular weight excluding hydrogens is 320 g/mol. The molecule has 1 aromatic heterocycles. The van der Waals surface area contributed by atoms with Crippen molar-refractivity contribution >= 4 is 26.2 Å². The van der Waals surface area contributed by atoms with Crippen molar-refractivity contribution in [1.29, 1.82) is 0 Å². The lowest BCUT2D eigenvalue weighted by Crippen LogP contribution is -2.32. The van der Waals surface area contributed by atoms with E-state index >= 15 is 0 Å². The lowest BCUT2D eigenvalue weighted by Gasteiger charge is -2.04. The molecule has 0 fully saturated rings. The van der Waals surface area contributed by atoms with Crippen LogP contribution in [0.3, 0.4) is 0 Å². The summed E-state index contributed by atoms with van der Waals surface area (Å²) in [5, 5.41) is 0. The molecule has 18 heavy (non-hydrogen) atoms. The topological polar surface area (TPSA) is 52.2 Å². The molecule has 0 N–H and O–H groups in total. The van der Waals surface area contributed by atoms with Gasteiger partial charge in [0.1, 0.15) is 11.9 Å². The molecule has 0 aliphatic rings. The fourth-order valence-corrected chi connectivity index (χ4v) is 2.77. The van der Waals surface area contributed by atoms with Crippen LogP contribution >= 0.6 is 15.9 Å². The van der Waals surface area contributed by atoms with Crippen molar-refractivity contribution in [1.82, 2.24) is 3.97 Å². The second kappa shape index (κ2) is 4.74. The molecule has 1 aromatic carbocycles. The number of hydrogen-bond donors (Lipinski definition) is 0. The zero-order valence-corrected chi connectivity index (χ0v) is 12.3. The van der Waals surface area contributed by atoms with Crippen molar-refractivity contribution in [3.63, 3.8) is 0 Å². The number of rotatable bonds is 3. The van der Waals surface area contributed by atoms with E-state index in [0.29, 0.717) is 5.82 Å². The van der Waals surface area contributed by atoms with Gasteiger partial charge in [-0.25, -0.2) is 4.57 Å². The summed E-state index contributed by atoms with van der Waals surface area (Å²) >= 11 is 3.27. The van der Waals surface area contributed by atoms with Crippen LogP contribution in [0.2, 0.25) is 0 Å². The van der Waals surface area contributed by atoms with Gasteiger partial charge in [-0.3, -0.25) is 0 Å². The second-order valence-corrected chi connectivity index (χ2v) is 6.08. The highest BCUT2D eigenvalue weighted by atomic mass is 79.9. The van der Waals surface area contributed by atoms with Crippen LogP contribution in [-0.4, -0.2) is 12.4 Å². The average molecular weight is 332 g/mol. The third-order valence-corrected chi connectivity index (χ3v) is 4.31. The Morgan fingerprint density at radius 2 is 1.89 bits per heavy atom. The van der Waals surface area contributed by atoms with Crippen LogP contribution in [0, 0.1) is 6.92 Å². The zero-order valence-electron chi connectivity index (χ0n) is 9.87. The molecule has 0 spiro atoms. The van der Waals surface area contributed by atoms with Crippen LogP contribution in [0.25, 0.3) is 0 Å². The minimum absolute atomic E-state index is 0.272. The monoisotopic (exact) mass is 331 g/mol. The number of imidazole rings is 1. The highest BCUT2D eigenvalue weighted by Crippen LogP contribution is 2.18. The van der Waals surface area contributed by atoms with E-state index in [0.717, 1.165) is 8.45 Å². The Balaban J connectivity index is 2.33. The van der Waals surface area contributed by atoms with E-state index in [9.17, 15) is 8.42 Å². The van der Waals surface area contributed by atoms with Crippen molar-refractivity contribution in [2.24, 2.45) is 7.05 Å². The molecule has 0 radical (unpaired) electrons. The van der Waals surface area contributed by atoms with Gasteiger partial charge < -0.3 is 4.18 Å². The summed E-state index contributed by atoms with van der Waals surface area (Å²) in [7, 11) is -2.09. The van der Waals surface area contributed by atoms with Crippen LogP contribution in [0.4, 0.5) is 0 Å². The Morgan fingerprint density at radius 3 is 2.39 bits per heavy atom. The second-order valence-electron chi connectivity index (χ2n) is 3.75. The fourth-order valence-electron chi connectivity index (χ4n) is 1.42. The minimum Gasteiger partial charge on any atom is -0.351 e. The van der Waals surface area contributed by atoms with Gasteiger partial charge in [-0.1, -0.05) is 19.9 Å². The van der Waals surface area contributed by atoms with Gasteiger partial charge in [-0.05, 0) is 24.3 Å². The van der Waals surface area contributed by atoms with Crippen LogP contribution < -0.4 is 8.75 Å². The molecule has 5 nitrogen and oxygen atoms in total. The van der Waals surface area contributed by atoms with Crippen LogP contribution in [0.15, 0.2) is 41.1 Å². The Morgan fingerprint density at radius 1 is 1.28 bits per heavy atom. The Labute approximate surface area is 114 Å². The smallest absolute Gasteiger partial charge is 0.351 e. The normalized spacial score (nSPS) is 11.5. The average Bonchev–Trinajstić information content (AvgIpc) is 2.63. The van der Waals surface area contributed by atoms with Crippen LogP contribution in [0.5, 0.6) is 5.75 Å². The fraction of sp³-hybridized carbons (Fsp3) is 0.182. The third-order valence-electron chi connectivity index (χ3n) is 2.51. The predicted molar refractivity (Wildman–Crippen MR) is 69.4 cm³/mol. The first-order chi connectivity index (χ1) is 8.40. The summed E-state index contributed by atoms with van der Waals surface area (Å²) in [5.41, 5.74) is 0. The summed E-state index contributed by atoms with van der Waals surface area (Å²) < 4.78 is 32.8. The number of hydrogen-bond acceptors (Lipinski definition) is 3. The molecule has 2 rings (SSSR count). The largest absolute Gasteiger partial charge is 0.491 e. The molecule has 1 heterocycles. The van der Waals surface area contributed by atoms with Crippen molar-refractivity contribution in [2.45, 2.75) is 6.92 Å². The van der Waals surface area contributed by atoms with Gasteiger partial charge in [0.05, 0.1) is 7.05 Å². The highest BCUT2D eigenvalue weighted by molar-refractivity contribution is 9.10. The molecule has 0 aliphatic heterocycles. The zero-order chi connectivity index (χ0) is 13.3. The lowest BCUT2D eigenvalue weighted by atomic mass is 10.3. The van der Waals surface area contributed by atoms with Crippen LogP contribution in [0.1, 0.15) is 5.82 Å². The first kappa shape index (κ1) is 13.1. The summed E-state index contributed by atoms with van der Waals surface area (Å²) in [6.07, 6.45) is 3.10. The highest BCUT2D eigenvalue weighted by Gasteiger charge is 2.26. The first-order valence-electron chi connectivity index (χ1n) is 5.14. The molecule has 2 aromatic rings. The van der Waals surface area contributed by atoms with Gasteiger partial charge in [0.15, 0.2) is 6.20 Å². The molecule has 0 amide bonds. The van der Waals surface area contributed by atoms with Gasteiger partial charge in [-0.15, -0.1) is 8.42 Å². The molecule has 0 saturated carbocycles. The maximum absolute atomic E-state index is 12.0. The summed E-state index contributed by atoms with van der Waals surface area (Å²) in [6, 6.07) is 6.60. The maximum Gasteiger partial charge on any atom is 0.491 e. The van der Waals surface area contributed by atoms with Gasteiger partial charge >= 0.3 is 10.3 Å². The number of benzene rings is 1. The SMILES string of the molecule is Cc1n(S(=O)(=O)Oc2ccc(Br)cc2)cc[n+]1C. The molecule has 0 unspecified atom stereocenters. The number of aryl methyl sites for hydroxylation is 1. The maximum atomic E-state index is 12.0. The van der Waals surface area contributed by atoms with E-state index in [2.05, 4.69) is 15.9 Å². The van der Waals surface area contributed by atoms with Crippen molar-refractivity contribution in [3.05, 3.63) is 47.0 Å². The van der Waals surface area contributed by atoms with Crippen molar-refractivity contribution < 1.29 is 17.2 Å². The molecule has 0 aliphatic carbocycles. The summed E-state index contributed by atoms with van der Waals surface area (Å²) in [5.74, 6) is 0.834. The number of halogens is 1. The number of nitrogens with zero attached hydrogens (tertiary/aromatic N) is 2. The lowest BCUT2D eigenvalue weighted by molar-refractivity contribution is -0.676. The predicted octanol–water partition coefficient (Wildman–Crippen LogP) is 1.56. The van der Waals surface area contributed by atoms with Crippen LogP contribution in [-0.2, 0) is 17.4 Å². The van der Waals surface area contributed by atoms with Crippen molar-refractivity contribution in [3.8, 4) is 5.75 Å². The standard InChI is InChI=1S/C11H12BrN2O3S/c1-9-13(2)7-8-14(9)18(15,16)17-11-5-3-10(12)4-6-11/h3-8H,1-2H3/q+1. The van der Waals surface area contributed by atoms with Crippen molar-refractivity contribution in [2.75, 3.05) is 0 Å². The molecule has 7 heteroatoms. The quantitative estimate of drug-likeness (QED) is 0.802. The molecule has 0 bridgehead atoms. The summed E-state index contributed by atoms with van der Waals surface area (Å²) in [6.45, 7) is 1.70. The molecule has 0 saturated heterocycles. The van der Waals surface area contributed by atoms with E-state index in [1.165, 1.54) is 6.20 Å². The molecule has 0 atom stereocenters. The summed E-state index contributed by atoms with van der Waals surface area (Å²) in [4.78, 5) is 0. The third kappa shape index (κ3) is 2.56.